The SMILES string of the molecule is Oc1ccc(Cc2ccccc2)cc1Pc1ccccc1F.[Cl][Ti][Cl]. The fourth-order valence-corrected chi connectivity index (χ4v) is 3.47. The Balaban J connectivity index is 0.000000701. The van der Waals surface area contributed by atoms with Crippen LogP contribution in [0.1, 0.15) is 11.1 Å². The summed E-state index contributed by atoms with van der Waals surface area (Å²) in [6.07, 6.45) is 0.801. The molecular weight excluding hydrogens is 413 g/mol. The maximum absolute atomic E-state index is 13.8. The molecule has 0 bridgehead atoms. The summed E-state index contributed by atoms with van der Waals surface area (Å²) < 4.78 is 13.8. The Morgan fingerprint density at radius 1 is 0.840 bits per heavy atom. The van der Waals surface area contributed by atoms with Gasteiger partial charge in [0.05, 0.1) is 0 Å². The molecule has 0 saturated heterocycles. The summed E-state index contributed by atoms with van der Waals surface area (Å²) >= 11 is -0.556. The average molecular weight is 429 g/mol. The molecule has 3 rings (SSSR count). The topological polar surface area (TPSA) is 20.2 Å². The summed E-state index contributed by atoms with van der Waals surface area (Å²) in [6.45, 7) is 0. The molecular formula is C19H16Cl2FOPTi. The minimum atomic E-state index is -0.556. The van der Waals surface area contributed by atoms with Crippen molar-refractivity contribution in [1.29, 1.82) is 0 Å². The van der Waals surface area contributed by atoms with Crippen molar-refractivity contribution in [2.45, 2.75) is 6.42 Å². The Morgan fingerprint density at radius 2 is 1.48 bits per heavy atom. The number of aromatic hydroxyl groups is 1. The van der Waals surface area contributed by atoms with E-state index < -0.39 is 17.0 Å². The van der Waals surface area contributed by atoms with Crippen LogP contribution in [-0.2, 0) is 23.5 Å². The van der Waals surface area contributed by atoms with Crippen LogP contribution in [0.3, 0.4) is 0 Å². The molecule has 1 atom stereocenters. The van der Waals surface area contributed by atoms with Crippen LogP contribution >= 0.6 is 27.2 Å². The van der Waals surface area contributed by atoms with E-state index in [1.165, 1.54) is 11.6 Å². The van der Waals surface area contributed by atoms with Gasteiger partial charge in [-0.2, -0.15) is 0 Å². The predicted octanol–water partition coefficient (Wildman–Crippen LogP) is 5.13. The number of halogens is 3. The van der Waals surface area contributed by atoms with Crippen molar-refractivity contribution in [2.24, 2.45) is 0 Å². The molecule has 0 spiro atoms. The number of phenols is 1. The second kappa shape index (κ2) is 11.0. The van der Waals surface area contributed by atoms with Crippen molar-refractivity contribution in [3.63, 3.8) is 0 Å². The van der Waals surface area contributed by atoms with Crippen LogP contribution in [0, 0.1) is 5.82 Å². The van der Waals surface area contributed by atoms with Gasteiger partial charge in [0.2, 0.25) is 0 Å². The average Bonchev–Trinajstić information content (AvgIpc) is 2.61. The molecule has 6 heteroatoms. The van der Waals surface area contributed by atoms with E-state index in [9.17, 15) is 9.50 Å². The van der Waals surface area contributed by atoms with E-state index >= 15 is 0 Å². The molecule has 3 aromatic rings. The first-order valence-corrected chi connectivity index (χ1v) is 12.8. The zero-order chi connectivity index (χ0) is 18.1. The van der Waals surface area contributed by atoms with Crippen molar-refractivity contribution in [2.75, 3.05) is 0 Å². The van der Waals surface area contributed by atoms with Gasteiger partial charge in [-0.1, -0.05) is 63.2 Å². The number of benzene rings is 3. The van der Waals surface area contributed by atoms with Crippen molar-refractivity contribution in [3.05, 3.63) is 89.7 Å². The van der Waals surface area contributed by atoms with Crippen molar-refractivity contribution >= 4 is 37.8 Å². The second-order valence-electron chi connectivity index (χ2n) is 5.19. The summed E-state index contributed by atoms with van der Waals surface area (Å²) in [5.74, 6) is -0.00732. The van der Waals surface area contributed by atoms with E-state index in [1.807, 2.05) is 36.4 Å². The molecule has 1 nitrogen and oxygen atoms in total. The van der Waals surface area contributed by atoms with E-state index in [0.717, 1.165) is 17.3 Å². The third-order valence-electron chi connectivity index (χ3n) is 3.46. The van der Waals surface area contributed by atoms with Gasteiger partial charge >= 0.3 is 35.6 Å². The van der Waals surface area contributed by atoms with Crippen LogP contribution < -0.4 is 10.6 Å². The van der Waals surface area contributed by atoms with Crippen molar-refractivity contribution < 1.29 is 26.5 Å². The molecule has 1 unspecified atom stereocenters. The molecule has 0 aliphatic heterocycles. The van der Waals surface area contributed by atoms with Gasteiger partial charge in [-0.3, -0.25) is 0 Å². The molecule has 0 fully saturated rings. The summed E-state index contributed by atoms with van der Waals surface area (Å²) in [4.78, 5) is 0. The van der Waals surface area contributed by atoms with E-state index in [1.54, 1.807) is 18.2 Å². The standard InChI is InChI=1S/C19H16FOP.2ClH.Ti/c20-16-8-4-5-9-18(16)22-19-13-15(10-11-17(19)21)12-14-6-2-1-3-7-14;;;/h1-11,13,21-22H,12H2;2*1H;/q;;;+2/p-2. The van der Waals surface area contributed by atoms with Crippen LogP contribution in [0.4, 0.5) is 4.39 Å². The first kappa shape index (κ1) is 20.4. The van der Waals surface area contributed by atoms with Gasteiger partial charge in [0.1, 0.15) is 11.6 Å². The summed E-state index contributed by atoms with van der Waals surface area (Å²) in [5, 5.41) is 11.4. The van der Waals surface area contributed by atoms with Crippen LogP contribution in [0.2, 0.25) is 0 Å². The zero-order valence-electron chi connectivity index (χ0n) is 13.2. The molecule has 1 N–H and O–H groups in total. The van der Waals surface area contributed by atoms with Crippen LogP contribution in [0.15, 0.2) is 72.8 Å². The van der Waals surface area contributed by atoms with Crippen LogP contribution in [0.25, 0.3) is 0 Å². The molecule has 0 amide bonds. The fourth-order valence-electron chi connectivity index (χ4n) is 2.33. The molecule has 0 saturated carbocycles. The summed E-state index contributed by atoms with van der Waals surface area (Å²) in [6, 6.07) is 22.4. The molecule has 25 heavy (non-hydrogen) atoms. The number of hydrogen-bond donors (Lipinski definition) is 1. The second-order valence-corrected chi connectivity index (χ2v) is 9.10. The summed E-state index contributed by atoms with van der Waals surface area (Å²) in [5.41, 5.74) is 2.33. The Morgan fingerprint density at radius 3 is 2.16 bits per heavy atom. The summed E-state index contributed by atoms with van der Waals surface area (Å²) in [7, 11) is 9.88. The fraction of sp³-hybridized carbons (Fsp3) is 0.0526. The normalized spacial score (nSPS) is 10.4. The first-order chi connectivity index (χ1) is 12.1. The molecule has 0 aliphatic carbocycles. The number of rotatable bonds is 4. The Labute approximate surface area is 165 Å². The van der Waals surface area contributed by atoms with Gasteiger partial charge in [0.25, 0.3) is 0 Å². The zero-order valence-corrected chi connectivity index (χ0v) is 17.3. The predicted molar refractivity (Wildman–Crippen MR) is 103 cm³/mol. The van der Waals surface area contributed by atoms with Crippen molar-refractivity contribution in [3.8, 4) is 5.75 Å². The van der Waals surface area contributed by atoms with E-state index in [0.29, 0.717) is 5.30 Å². The van der Waals surface area contributed by atoms with E-state index in [2.05, 4.69) is 12.1 Å². The quantitative estimate of drug-likeness (QED) is 0.451. The maximum atomic E-state index is 13.8. The molecule has 128 valence electrons. The Hall–Kier alpha value is -0.886. The third-order valence-corrected chi connectivity index (χ3v) is 4.80. The van der Waals surface area contributed by atoms with Crippen molar-refractivity contribution in [1.82, 2.24) is 0 Å². The first-order valence-electron chi connectivity index (χ1n) is 7.47. The van der Waals surface area contributed by atoms with Gasteiger partial charge in [-0.15, -0.1) is 0 Å². The molecule has 0 heterocycles. The minimum absolute atomic E-state index is 0.107. The van der Waals surface area contributed by atoms with Gasteiger partial charge in [-0.25, -0.2) is 4.39 Å². The number of phenolic OH excluding ortho intramolecular Hbond substituents is 1. The van der Waals surface area contributed by atoms with E-state index in [-0.39, 0.29) is 20.1 Å². The Bertz CT molecular complexity index is 802. The van der Waals surface area contributed by atoms with Gasteiger partial charge in [-0.05, 0) is 35.7 Å². The third kappa shape index (κ3) is 6.74. The molecule has 3 aromatic carbocycles. The van der Waals surface area contributed by atoms with Crippen LogP contribution in [0.5, 0.6) is 5.75 Å². The van der Waals surface area contributed by atoms with Gasteiger partial charge in [0.15, 0.2) is 0 Å². The molecule has 0 radical (unpaired) electrons. The molecule has 0 aliphatic rings. The van der Waals surface area contributed by atoms with Gasteiger partial charge < -0.3 is 5.11 Å². The monoisotopic (exact) mass is 428 g/mol. The number of hydrogen-bond acceptors (Lipinski definition) is 1. The molecule has 0 aromatic heterocycles. The van der Waals surface area contributed by atoms with Gasteiger partial charge in [0, 0.05) is 10.6 Å². The Kier molecular flexibility index (Phi) is 8.96. The van der Waals surface area contributed by atoms with Crippen LogP contribution in [-0.4, -0.2) is 5.11 Å². The van der Waals surface area contributed by atoms with E-state index in [4.69, 9.17) is 18.6 Å².